The fourth-order valence-electron chi connectivity index (χ4n) is 2.87. The van der Waals surface area contributed by atoms with Crippen LogP contribution in [0.1, 0.15) is 31.2 Å². The van der Waals surface area contributed by atoms with Gasteiger partial charge in [-0.2, -0.15) is 0 Å². The Morgan fingerprint density at radius 3 is 2.59 bits per heavy atom. The Morgan fingerprint density at radius 1 is 1.14 bits per heavy atom. The van der Waals surface area contributed by atoms with Gasteiger partial charge in [0.15, 0.2) is 0 Å². The molecule has 1 fully saturated rings. The summed E-state index contributed by atoms with van der Waals surface area (Å²) in [5.41, 5.74) is 5.11. The second kappa shape index (κ2) is 6.64. The quantitative estimate of drug-likeness (QED) is 0.922. The molecule has 22 heavy (non-hydrogen) atoms. The maximum absolute atomic E-state index is 12.1. The maximum atomic E-state index is 12.1. The molecule has 1 aromatic carbocycles. The third kappa shape index (κ3) is 3.30. The fraction of sp³-hybridized carbons (Fsp3) is 0.412. The number of amides is 2. The third-order valence-electron chi connectivity index (χ3n) is 4.13. The number of likely N-dealkylation sites (tertiary alicyclic amines) is 1. The molecule has 2 aliphatic rings. The Labute approximate surface area is 130 Å². The molecule has 116 valence electrons. The summed E-state index contributed by atoms with van der Waals surface area (Å²) in [6.45, 7) is 2.13. The lowest BCUT2D eigenvalue weighted by molar-refractivity contribution is -0.135. The molecular formula is C17H21N3O2. The summed E-state index contributed by atoms with van der Waals surface area (Å²) >= 11 is 0. The largest absolute Gasteiger partial charge is 0.343 e. The monoisotopic (exact) mass is 299 g/mol. The van der Waals surface area contributed by atoms with E-state index in [0.29, 0.717) is 19.4 Å². The molecule has 0 radical (unpaired) electrons. The molecule has 2 heterocycles. The van der Waals surface area contributed by atoms with Crippen molar-refractivity contribution in [1.29, 1.82) is 0 Å². The van der Waals surface area contributed by atoms with Gasteiger partial charge in [-0.15, -0.1) is 0 Å². The van der Waals surface area contributed by atoms with Gasteiger partial charge in [0, 0.05) is 25.9 Å². The fourth-order valence-corrected chi connectivity index (χ4v) is 2.87. The molecule has 1 N–H and O–H groups in total. The summed E-state index contributed by atoms with van der Waals surface area (Å²) in [6, 6.07) is 9.90. The summed E-state index contributed by atoms with van der Waals surface area (Å²) < 4.78 is 0. The molecule has 0 spiro atoms. The van der Waals surface area contributed by atoms with Gasteiger partial charge in [0.05, 0.1) is 12.2 Å². The molecule has 2 amide bonds. The van der Waals surface area contributed by atoms with Gasteiger partial charge in [0.2, 0.25) is 11.8 Å². The first-order chi connectivity index (χ1) is 10.7. The van der Waals surface area contributed by atoms with Crippen molar-refractivity contribution < 1.29 is 9.59 Å². The Bertz CT molecular complexity index is 577. The van der Waals surface area contributed by atoms with Crippen LogP contribution in [-0.2, 0) is 9.59 Å². The Balaban J connectivity index is 1.58. The Hall–Kier alpha value is -2.30. The standard InChI is InChI=1S/C17H21N3O2/c21-16(19-11-4-5-12-19)10-13-20-17(22)9-8-15(18-20)14-6-2-1-3-7-14/h1-3,6-8,18H,4-5,9-13H2. The molecule has 1 saturated heterocycles. The molecular weight excluding hydrogens is 278 g/mol. The lowest BCUT2D eigenvalue weighted by atomic mass is 10.1. The highest BCUT2D eigenvalue weighted by molar-refractivity contribution is 5.84. The van der Waals surface area contributed by atoms with Gasteiger partial charge < -0.3 is 4.90 Å². The first kappa shape index (κ1) is 14.6. The number of carbonyl (C=O) groups is 2. The molecule has 0 aliphatic carbocycles. The van der Waals surface area contributed by atoms with E-state index in [-0.39, 0.29) is 11.8 Å². The minimum atomic E-state index is 0.00824. The van der Waals surface area contributed by atoms with Crippen LogP contribution in [0.15, 0.2) is 36.4 Å². The van der Waals surface area contributed by atoms with Crippen molar-refractivity contribution in [3.05, 3.63) is 42.0 Å². The van der Waals surface area contributed by atoms with Crippen LogP contribution >= 0.6 is 0 Å². The van der Waals surface area contributed by atoms with Crippen molar-refractivity contribution in [2.45, 2.75) is 25.7 Å². The van der Waals surface area contributed by atoms with Gasteiger partial charge in [-0.1, -0.05) is 30.3 Å². The minimum Gasteiger partial charge on any atom is -0.343 e. The zero-order chi connectivity index (χ0) is 15.4. The third-order valence-corrected chi connectivity index (χ3v) is 4.13. The van der Waals surface area contributed by atoms with Gasteiger partial charge in [-0.05, 0) is 24.5 Å². The Kier molecular flexibility index (Phi) is 4.42. The highest BCUT2D eigenvalue weighted by atomic mass is 16.2. The van der Waals surface area contributed by atoms with Crippen molar-refractivity contribution in [1.82, 2.24) is 15.3 Å². The summed E-state index contributed by atoms with van der Waals surface area (Å²) in [5.74, 6) is 0.150. The van der Waals surface area contributed by atoms with Crippen molar-refractivity contribution in [3.63, 3.8) is 0 Å². The number of carbonyl (C=O) groups excluding carboxylic acids is 2. The molecule has 0 saturated carbocycles. The topological polar surface area (TPSA) is 52.7 Å². The molecule has 0 atom stereocenters. The molecule has 2 aliphatic heterocycles. The van der Waals surface area contributed by atoms with Gasteiger partial charge >= 0.3 is 0 Å². The Morgan fingerprint density at radius 2 is 1.86 bits per heavy atom. The minimum absolute atomic E-state index is 0.00824. The lowest BCUT2D eigenvalue weighted by Crippen LogP contribution is -2.46. The van der Waals surface area contributed by atoms with Crippen molar-refractivity contribution >= 4 is 17.5 Å². The van der Waals surface area contributed by atoms with Crippen LogP contribution in [0.25, 0.3) is 5.70 Å². The average Bonchev–Trinajstić information content (AvgIpc) is 3.09. The lowest BCUT2D eigenvalue weighted by Gasteiger charge is -2.29. The van der Waals surface area contributed by atoms with Gasteiger partial charge in [0.1, 0.15) is 0 Å². The maximum Gasteiger partial charge on any atom is 0.244 e. The average molecular weight is 299 g/mol. The van der Waals surface area contributed by atoms with Crippen LogP contribution in [0.2, 0.25) is 0 Å². The van der Waals surface area contributed by atoms with E-state index in [0.717, 1.165) is 37.2 Å². The number of nitrogens with one attached hydrogen (secondary N) is 1. The highest BCUT2D eigenvalue weighted by Crippen LogP contribution is 2.17. The van der Waals surface area contributed by atoms with E-state index >= 15 is 0 Å². The number of benzene rings is 1. The van der Waals surface area contributed by atoms with E-state index in [1.807, 2.05) is 41.3 Å². The van der Waals surface area contributed by atoms with Gasteiger partial charge in [0.25, 0.3) is 0 Å². The number of hydrogen-bond acceptors (Lipinski definition) is 3. The van der Waals surface area contributed by atoms with Crippen molar-refractivity contribution in [2.24, 2.45) is 0 Å². The number of rotatable bonds is 4. The summed E-state index contributed by atoms with van der Waals surface area (Å²) in [5, 5.41) is 1.57. The predicted octanol–water partition coefficient (Wildman–Crippen LogP) is 1.78. The summed E-state index contributed by atoms with van der Waals surface area (Å²) in [4.78, 5) is 26.0. The number of hydrazine groups is 1. The molecule has 0 aromatic heterocycles. The molecule has 5 heteroatoms. The number of nitrogens with zero attached hydrogens (tertiary/aromatic N) is 2. The van der Waals surface area contributed by atoms with Crippen molar-refractivity contribution in [3.8, 4) is 0 Å². The highest BCUT2D eigenvalue weighted by Gasteiger charge is 2.23. The smallest absolute Gasteiger partial charge is 0.244 e. The van der Waals surface area contributed by atoms with Crippen LogP contribution in [-0.4, -0.2) is 41.4 Å². The summed E-state index contributed by atoms with van der Waals surface area (Å²) in [6.07, 6.45) is 4.83. The van der Waals surface area contributed by atoms with Crippen LogP contribution in [0.3, 0.4) is 0 Å². The first-order valence-corrected chi connectivity index (χ1v) is 7.84. The summed E-state index contributed by atoms with van der Waals surface area (Å²) in [7, 11) is 0. The van der Waals surface area contributed by atoms with Crippen LogP contribution in [0, 0.1) is 0 Å². The molecule has 0 unspecified atom stereocenters. The molecule has 1 aromatic rings. The van der Waals surface area contributed by atoms with Crippen LogP contribution in [0.4, 0.5) is 0 Å². The zero-order valence-corrected chi connectivity index (χ0v) is 12.6. The predicted molar refractivity (Wildman–Crippen MR) is 84.3 cm³/mol. The molecule has 3 rings (SSSR count). The van der Waals surface area contributed by atoms with E-state index in [2.05, 4.69) is 5.43 Å². The van der Waals surface area contributed by atoms with E-state index in [1.54, 1.807) is 5.01 Å². The second-order valence-electron chi connectivity index (χ2n) is 5.68. The van der Waals surface area contributed by atoms with Gasteiger partial charge in [-0.3, -0.25) is 20.0 Å². The van der Waals surface area contributed by atoms with E-state index in [4.69, 9.17) is 0 Å². The molecule has 0 bridgehead atoms. The van der Waals surface area contributed by atoms with E-state index < -0.39 is 0 Å². The second-order valence-corrected chi connectivity index (χ2v) is 5.68. The van der Waals surface area contributed by atoms with Crippen molar-refractivity contribution in [2.75, 3.05) is 19.6 Å². The number of hydrogen-bond donors (Lipinski definition) is 1. The molecule has 5 nitrogen and oxygen atoms in total. The zero-order valence-electron chi connectivity index (χ0n) is 12.6. The van der Waals surface area contributed by atoms with Crippen LogP contribution < -0.4 is 5.43 Å². The van der Waals surface area contributed by atoms with E-state index in [1.165, 1.54) is 0 Å². The van der Waals surface area contributed by atoms with Gasteiger partial charge in [-0.25, -0.2) is 0 Å². The normalized spacial score (nSPS) is 18.2. The van der Waals surface area contributed by atoms with E-state index in [9.17, 15) is 9.59 Å². The SMILES string of the molecule is O=C(CCN1NC(c2ccccc2)=CCC1=O)N1CCCC1. The first-order valence-electron chi connectivity index (χ1n) is 7.84. The van der Waals surface area contributed by atoms with Crippen LogP contribution in [0.5, 0.6) is 0 Å².